The van der Waals surface area contributed by atoms with E-state index in [4.69, 9.17) is 17.3 Å². The van der Waals surface area contributed by atoms with Gasteiger partial charge >= 0.3 is 0 Å². The molecule has 0 aliphatic carbocycles. The Balaban J connectivity index is 1.88. The molecule has 2 heterocycles. The van der Waals surface area contributed by atoms with Crippen LogP contribution in [0.5, 0.6) is 0 Å². The molecule has 0 bridgehead atoms. The average molecular weight is 341 g/mol. The van der Waals surface area contributed by atoms with Crippen LogP contribution in [0, 0.1) is 13.8 Å². The summed E-state index contributed by atoms with van der Waals surface area (Å²) in [6.07, 6.45) is 1.45. The fraction of sp³-hybridized carbons (Fsp3) is 0.118. The first-order chi connectivity index (χ1) is 11.5. The van der Waals surface area contributed by atoms with Gasteiger partial charge in [0.25, 0.3) is 0 Å². The number of rotatable bonds is 4. The van der Waals surface area contributed by atoms with Crippen LogP contribution in [0.3, 0.4) is 0 Å². The van der Waals surface area contributed by atoms with Crippen molar-refractivity contribution < 1.29 is 0 Å². The van der Waals surface area contributed by atoms with E-state index in [-0.39, 0.29) is 0 Å². The van der Waals surface area contributed by atoms with Crippen LogP contribution in [0.1, 0.15) is 11.3 Å². The van der Waals surface area contributed by atoms with E-state index in [1.54, 1.807) is 0 Å². The van der Waals surface area contributed by atoms with Crippen LogP contribution in [0.4, 0.5) is 28.8 Å². The number of anilines is 5. The van der Waals surface area contributed by atoms with Crippen LogP contribution in [-0.4, -0.2) is 15.0 Å². The zero-order valence-electron chi connectivity index (χ0n) is 13.3. The minimum absolute atomic E-state index is 0.412. The lowest BCUT2D eigenvalue weighted by atomic mass is 10.2. The zero-order valence-corrected chi connectivity index (χ0v) is 14.1. The molecule has 4 N–H and O–H groups in total. The Kier molecular flexibility index (Phi) is 4.48. The van der Waals surface area contributed by atoms with Crippen molar-refractivity contribution in [3.63, 3.8) is 0 Å². The lowest BCUT2D eigenvalue weighted by Gasteiger charge is -2.13. The molecule has 0 amide bonds. The van der Waals surface area contributed by atoms with Crippen molar-refractivity contribution in [3.8, 4) is 0 Å². The predicted molar refractivity (Wildman–Crippen MR) is 98.2 cm³/mol. The fourth-order valence-electron chi connectivity index (χ4n) is 2.22. The second-order valence-electron chi connectivity index (χ2n) is 5.36. The SMILES string of the molecule is Cc1cccc(Nc2ncnc(Nc3ccc(Cl)cc3C)c2N)n1. The Morgan fingerprint density at radius 1 is 1.00 bits per heavy atom. The van der Waals surface area contributed by atoms with E-state index in [2.05, 4.69) is 25.6 Å². The summed E-state index contributed by atoms with van der Waals surface area (Å²) in [5.41, 5.74) is 9.39. The number of nitrogens with two attached hydrogens (primary N) is 1. The standard InChI is InChI=1S/C17H17ClN6/c1-10-8-12(18)6-7-13(10)23-16-15(19)17(21-9-20-16)24-14-5-3-4-11(2)22-14/h3-9H,19H2,1-2H3,(H2,20,21,22,23,24). The minimum atomic E-state index is 0.412. The first kappa shape index (κ1) is 16.0. The number of hydrogen-bond acceptors (Lipinski definition) is 6. The van der Waals surface area contributed by atoms with Crippen LogP contribution < -0.4 is 16.4 Å². The maximum Gasteiger partial charge on any atom is 0.160 e. The lowest BCUT2D eigenvalue weighted by Crippen LogP contribution is -2.06. The molecule has 24 heavy (non-hydrogen) atoms. The summed E-state index contributed by atoms with van der Waals surface area (Å²) in [5, 5.41) is 7.01. The molecule has 0 fully saturated rings. The fourth-order valence-corrected chi connectivity index (χ4v) is 2.45. The zero-order chi connectivity index (χ0) is 17.1. The third kappa shape index (κ3) is 3.55. The number of nitrogen functional groups attached to an aromatic ring is 1. The first-order valence-corrected chi connectivity index (χ1v) is 7.75. The highest BCUT2D eigenvalue weighted by molar-refractivity contribution is 6.30. The molecule has 3 aromatic rings. The highest BCUT2D eigenvalue weighted by Crippen LogP contribution is 2.29. The summed E-state index contributed by atoms with van der Waals surface area (Å²) in [5.74, 6) is 1.69. The molecular weight excluding hydrogens is 324 g/mol. The summed E-state index contributed by atoms with van der Waals surface area (Å²) in [4.78, 5) is 12.8. The highest BCUT2D eigenvalue weighted by Gasteiger charge is 2.10. The molecule has 122 valence electrons. The second kappa shape index (κ2) is 6.72. The highest BCUT2D eigenvalue weighted by atomic mass is 35.5. The molecule has 6 nitrogen and oxygen atoms in total. The van der Waals surface area contributed by atoms with Crippen molar-refractivity contribution in [2.45, 2.75) is 13.8 Å². The maximum absolute atomic E-state index is 6.19. The second-order valence-corrected chi connectivity index (χ2v) is 5.79. The molecule has 0 aliphatic heterocycles. The van der Waals surface area contributed by atoms with Crippen molar-refractivity contribution in [1.82, 2.24) is 15.0 Å². The molecule has 3 rings (SSSR count). The van der Waals surface area contributed by atoms with Crippen molar-refractivity contribution in [1.29, 1.82) is 0 Å². The van der Waals surface area contributed by atoms with Gasteiger partial charge in [-0.15, -0.1) is 0 Å². The Morgan fingerprint density at radius 2 is 1.75 bits per heavy atom. The number of hydrogen-bond donors (Lipinski definition) is 3. The molecule has 1 aromatic carbocycles. The molecule has 0 unspecified atom stereocenters. The van der Waals surface area contributed by atoms with Crippen LogP contribution in [-0.2, 0) is 0 Å². The van der Waals surface area contributed by atoms with E-state index in [0.29, 0.717) is 28.2 Å². The predicted octanol–water partition coefficient (Wildman–Crippen LogP) is 4.21. The molecule has 7 heteroatoms. The summed E-state index contributed by atoms with van der Waals surface area (Å²) in [7, 11) is 0. The van der Waals surface area contributed by atoms with Crippen LogP contribution in [0.15, 0.2) is 42.7 Å². The van der Waals surface area contributed by atoms with Gasteiger partial charge in [-0.05, 0) is 49.7 Å². The van der Waals surface area contributed by atoms with Crippen LogP contribution in [0.2, 0.25) is 5.02 Å². The Hall–Kier alpha value is -2.86. The third-order valence-corrected chi connectivity index (χ3v) is 3.70. The van der Waals surface area contributed by atoms with Gasteiger partial charge in [-0.25, -0.2) is 15.0 Å². The third-order valence-electron chi connectivity index (χ3n) is 3.46. The number of halogens is 1. The molecular formula is C17H17ClN6. The Bertz CT molecular complexity index is 881. The van der Waals surface area contributed by atoms with Gasteiger partial charge in [-0.1, -0.05) is 17.7 Å². The van der Waals surface area contributed by atoms with E-state index < -0.39 is 0 Å². The van der Waals surface area contributed by atoms with Gasteiger partial charge in [0.1, 0.15) is 17.8 Å². The summed E-state index contributed by atoms with van der Waals surface area (Å²) in [6, 6.07) is 11.3. The monoisotopic (exact) mass is 340 g/mol. The van der Waals surface area contributed by atoms with E-state index >= 15 is 0 Å². The van der Waals surface area contributed by atoms with Gasteiger partial charge in [0.15, 0.2) is 11.6 Å². The number of nitrogens with one attached hydrogen (secondary N) is 2. The van der Waals surface area contributed by atoms with Crippen molar-refractivity contribution in [2.75, 3.05) is 16.4 Å². The molecule has 0 spiro atoms. The first-order valence-electron chi connectivity index (χ1n) is 7.37. The van der Waals surface area contributed by atoms with Crippen molar-refractivity contribution >= 4 is 40.4 Å². The molecule has 0 saturated heterocycles. The smallest absolute Gasteiger partial charge is 0.160 e. The molecule has 0 aliphatic rings. The average Bonchev–Trinajstić information content (AvgIpc) is 2.54. The van der Waals surface area contributed by atoms with Gasteiger partial charge in [-0.3, -0.25) is 0 Å². The van der Waals surface area contributed by atoms with Gasteiger partial charge in [0.2, 0.25) is 0 Å². The summed E-state index contributed by atoms with van der Waals surface area (Å²) < 4.78 is 0. The molecule has 0 saturated carbocycles. The summed E-state index contributed by atoms with van der Waals surface area (Å²) in [6.45, 7) is 3.88. The van der Waals surface area contributed by atoms with E-state index in [1.165, 1.54) is 6.33 Å². The maximum atomic E-state index is 6.19. The number of aryl methyl sites for hydroxylation is 2. The van der Waals surface area contributed by atoms with Crippen molar-refractivity contribution in [2.24, 2.45) is 0 Å². The molecule has 0 radical (unpaired) electrons. The van der Waals surface area contributed by atoms with E-state index in [9.17, 15) is 0 Å². The van der Waals surface area contributed by atoms with Gasteiger partial charge < -0.3 is 16.4 Å². The van der Waals surface area contributed by atoms with Crippen LogP contribution in [0.25, 0.3) is 0 Å². The minimum Gasteiger partial charge on any atom is -0.393 e. The van der Waals surface area contributed by atoms with E-state index in [1.807, 2.05) is 50.2 Å². The number of aromatic nitrogens is 3. The van der Waals surface area contributed by atoms with Gasteiger partial charge in [-0.2, -0.15) is 0 Å². The number of benzene rings is 1. The quantitative estimate of drug-likeness (QED) is 0.659. The molecule has 2 aromatic heterocycles. The number of pyridine rings is 1. The van der Waals surface area contributed by atoms with E-state index in [0.717, 1.165) is 16.9 Å². The van der Waals surface area contributed by atoms with Crippen molar-refractivity contribution in [3.05, 3.63) is 59.0 Å². The number of nitrogens with zero attached hydrogens (tertiary/aromatic N) is 3. The lowest BCUT2D eigenvalue weighted by molar-refractivity contribution is 1.15. The van der Waals surface area contributed by atoms with Gasteiger partial charge in [0.05, 0.1) is 0 Å². The summed E-state index contributed by atoms with van der Waals surface area (Å²) >= 11 is 5.98. The molecule has 0 atom stereocenters. The topological polar surface area (TPSA) is 88.8 Å². The van der Waals surface area contributed by atoms with Gasteiger partial charge in [0, 0.05) is 16.4 Å². The Morgan fingerprint density at radius 3 is 2.46 bits per heavy atom. The van der Waals surface area contributed by atoms with Crippen LogP contribution >= 0.6 is 11.6 Å². The Labute approximate surface area is 145 Å². The normalized spacial score (nSPS) is 10.5. The largest absolute Gasteiger partial charge is 0.393 e.